The number of benzene rings is 1. The molecule has 3 unspecified atom stereocenters. The number of likely N-dealkylation sites (tertiary alicyclic amines) is 2. The molecule has 5 heteroatoms. The van der Waals surface area contributed by atoms with Crippen LogP contribution in [-0.2, 0) is 4.79 Å². The number of fused-ring (bicyclic) bond motifs is 1. The molecule has 2 saturated heterocycles. The molecular formula is C22H31N3O2. The van der Waals surface area contributed by atoms with Gasteiger partial charge in [-0.3, -0.25) is 9.69 Å². The maximum atomic E-state index is 13.0. The number of nitrogens with zero attached hydrogens (tertiary/aromatic N) is 3. The fourth-order valence-corrected chi connectivity index (χ4v) is 4.86. The predicted molar refractivity (Wildman–Crippen MR) is 107 cm³/mol. The van der Waals surface area contributed by atoms with Crippen LogP contribution in [0.5, 0.6) is 0 Å². The topological polar surface area (TPSA) is 49.6 Å². The molecule has 27 heavy (non-hydrogen) atoms. The van der Waals surface area contributed by atoms with Gasteiger partial charge in [-0.2, -0.15) is 0 Å². The van der Waals surface area contributed by atoms with Gasteiger partial charge in [0.25, 0.3) is 0 Å². The maximum absolute atomic E-state index is 13.0. The highest BCUT2D eigenvalue weighted by Crippen LogP contribution is 2.31. The van der Waals surface area contributed by atoms with Crippen LogP contribution in [0.15, 0.2) is 28.7 Å². The van der Waals surface area contributed by atoms with Crippen LogP contribution in [0.3, 0.4) is 0 Å². The standard InChI is InChI=1S/C22H31N3O2/c1-15-12-16(2)14-25(13-15)22(26)17(3)24-10-8-18(9-11-24)21-23-19-6-4-5-7-20(19)27-21/h4-7,15-18H,8-14H2,1-3H3. The highest BCUT2D eigenvalue weighted by atomic mass is 16.3. The van der Waals surface area contributed by atoms with E-state index in [0.29, 0.717) is 23.7 Å². The van der Waals surface area contributed by atoms with Gasteiger partial charge < -0.3 is 9.32 Å². The van der Waals surface area contributed by atoms with Gasteiger partial charge in [0.2, 0.25) is 5.91 Å². The third-order valence-corrected chi connectivity index (χ3v) is 6.27. The molecule has 0 spiro atoms. The summed E-state index contributed by atoms with van der Waals surface area (Å²) in [5.41, 5.74) is 1.80. The summed E-state index contributed by atoms with van der Waals surface area (Å²) in [5.74, 6) is 2.72. The molecule has 5 nitrogen and oxygen atoms in total. The Kier molecular flexibility index (Phi) is 5.22. The zero-order valence-corrected chi connectivity index (χ0v) is 16.7. The van der Waals surface area contributed by atoms with Crippen molar-refractivity contribution in [3.05, 3.63) is 30.2 Å². The number of hydrogen-bond acceptors (Lipinski definition) is 4. The lowest BCUT2D eigenvalue weighted by atomic mass is 9.91. The molecule has 0 saturated carbocycles. The normalized spacial score (nSPS) is 26.4. The van der Waals surface area contributed by atoms with Gasteiger partial charge in [0, 0.05) is 19.0 Å². The van der Waals surface area contributed by atoms with Crippen LogP contribution in [0.1, 0.15) is 51.8 Å². The summed E-state index contributed by atoms with van der Waals surface area (Å²) in [7, 11) is 0. The number of piperidine rings is 2. The molecule has 2 aromatic rings. The molecule has 1 amide bonds. The summed E-state index contributed by atoms with van der Waals surface area (Å²) in [6.45, 7) is 10.3. The summed E-state index contributed by atoms with van der Waals surface area (Å²) in [4.78, 5) is 22.1. The first-order valence-corrected chi connectivity index (χ1v) is 10.4. The van der Waals surface area contributed by atoms with Crippen molar-refractivity contribution < 1.29 is 9.21 Å². The van der Waals surface area contributed by atoms with Crippen LogP contribution in [0.2, 0.25) is 0 Å². The number of hydrogen-bond donors (Lipinski definition) is 0. The van der Waals surface area contributed by atoms with Gasteiger partial charge in [-0.15, -0.1) is 0 Å². The summed E-state index contributed by atoms with van der Waals surface area (Å²) >= 11 is 0. The molecule has 0 N–H and O–H groups in total. The first-order chi connectivity index (χ1) is 13.0. The summed E-state index contributed by atoms with van der Waals surface area (Å²) in [5, 5.41) is 0. The van der Waals surface area contributed by atoms with Crippen LogP contribution in [-0.4, -0.2) is 52.9 Å². The molecule has 0 aliphatic carbocycles. The molecule has 2 aliphatic rings. The van der Waals surface area contributed by atoms with E-state index in [9.17, 15) is 4.79 Å². The molecule has 1 aromatic carbocycles. The van der Waals surface area contributed by atoms with E-state index in [2.05, 4.69) is 35.6 Å². The van der Waals surface area contributed by atoms with Gasteiger partial charge in [0.1, 0.15) is 5.52 Å². The molecule has 0 bridgehead atoms. The Hall–Kier alpha value is -1.88. The Bertz CT molecular complexity index is 751. The maximum Gasteiger partial charge on any atom is 0.239 e. The van der Waals surface area contributed by atoms with Gasteiger partial charge in [-0.25, -0.2) is 4.98 Å². The average Bonchev–Trinajstić information content (AvgIpc) is 3.10. The SMILES string of the molecule is CC1CC(C)CN(C(=O)C(C)N2CCC(c3nc4ccccc4o3)CC2)C1. The second-order valence-corrected chi connectivity index (χ2v) is 8.70. The van der Waals surface area contributed by atoms with Crippen LogP contribution < -0.4 is 0 Å². The second-order valence-electron chi connectivity index (χ2n) is 8.70. The molecule has 2 fully saturated rings. The molecule has 146 valence electrons. The zero-order chi connectivity index (χ0) is 19.0. The van der Waals surface area contributed by atoms with E-state index in [4.69, 9.17) is 4.42 Å². The van der Waals surface area contributed by atoms with Crippen molar-refractivity contribution in [3.8, 4) is 0 Å². The second kappa shape index (κ2) is 7.63. The van der Waals surface area contributed by atoms with Crippen molar-refractivity contribution in [2.75, 3.05) is 26.2 Å². The van der Waals surface area contributed by atoms with Crippen LogP contribution in [0, 0.1) is 11.8 Å². The zero-order valence-electron chi connectivity index (χ0n) is 16.7. The molecule has 0 radical (unpaired) electrons. The van der Waals surface area contributed by atoms with Crippen molar-refractivity contribution in [2.45, 2.75) is 52.0 Å². The molecule has 3 heterocycles. The van der Waals surface area contributed by atoms with Gasteiger partial charge in [0.05, 0.1) is 6.04 Å². The molecule has 2 aliphatic heterocycles. The Morgan fingerprint density at radius 3 is 2.48 bits per heavy atom. The lowest BCUT2D eigenvalue weighted by Crippen LogP contribution is -2.52. The van der Waals surface area contributed by atoms with E-state index < -0.39 is 0 Å². The minimum atomic E-state index is -0.0351. The van der Waals surface area contributed by atoms with Crippen molar-refractivity contribution in [2.24, 2.45) is 11.8 Å². The third-order valence-electron chi connectivity index (χ3n) is 6.27. The summed E-state index contributed by atoms with van der Waals surface area (Å²) < 4.78 is 5.96. The Morgan fingerprint density at radius 2 is 1.81 bits per heavy atom. The predicted octanol–water partition coefficient (Wildman–Crippen LogP) is 3.90. The van der Waals surface area contributed by atoms with E-state index in [1.807, 2.05) is 24.3 Å². The largest absolute Gasteiger partial charge is 0.440 e. The Labute approximate surface area is 161 Å². The number of carbonyl (C=O) groups excluding carboxylic acids is 1. The smallest absolute Gasteiger partial charge is 0.239 e. The number of para-hydroxylation sites is 2. The minimum absolute atomic E-state index is 0.0351. The van der Waals surface area contributed by atoms with Crippen molar-refractivity contribution in [3.63, 3.8) is 0 Å². The van der Waals surface area contributed by atoms with Crippen molar-refractivity contribution >= 4 is 17.0 Å². The van der Waals surface area contributed by atoms with E-state index in [1.54, 1.807) is 0 Å². The van der Waals surface area contributed by atoms with Crippen LogP contribution >= 0.6 is 0 Å². The Balaban J connectivity index is 1.36. The van der Waals surface area contributed by atoms with E-state index in [0.717, 1.165) is 56.0 Å². The lowest BCUT2D eigenvalue weighted by molar-refractivity contribution is -0.139. The van der Waals surface area contributed by atoms with Gasteiger partial charge in [0.15, 0.2) is 11.5 Å². The lowest BCUT2D eigenvalue weighted by Gasteiger charge is -2.40. The fraction of sp³-hybridized carbons (Fsp3) is 0.636. The van der Waals surface area contributed by atoms with Gasteiger partial charge >= 0.3 is 0 Å². The number of rotatable bonds is 3. The summed E-state index contributed by atoms with van der Waals surface area (Å²) in [6.07, 6.45) is 3.22. The third kappa shape index (κ3) is 3.88. The fourth-order valence-electron chi connectivity index (χ4n) is 4.86. The summed E-state index contributed by atoms with van der Waals surface area (Å²) in [6, 6.07) is 7.91. The molecular weight excluding hydrogens is 338 g/mol. The van der Waals surface area contributed by atoms with Crippen molar-refractivity contribution in [1.82, 2.24) is 14.8 Å². The van der Waals surface area contributed by atoms with Crippen molar-refractivity contribution in [1.29, 1.82) is 0 Å². The van der Waals surface area contributed by atoms with Gasteiger partial charge in [-0.1, -0.05) is 26.0 Å². The van der Waals surface area contributed by atoms with E-state index >= 15 is 0 Å². The first kappa shape index (κ1) is 18.5. The highest BCUT2D eigenvalue weighted by molar-refractivity contribution is 5.81. The first-order valence-electron chi connectivity index (χ1n) is 10.4. The minimum Gasteiger partial charge on any atom is -0.440 e. The molecule has 4 rings (SSSR count). The van der Waals surface area contributed by atoms with E-state index in [-0.39, 0.29) is 6.04 Å². The highest BCUT2D eigenvalue weighted by Gasteiger charge is 2.33. The average molecular weight is 370 g/mol. The Morgan fingerprint density at radius 1 is 1.15 bits per heavy atom. The van der Waals surface area contributed by atoms with E-state index in [1.165, 1.54) is 6.42 Å². The van der Waals surface area contributed by atoms with Crippen LogP contribution in [0.25, 0.3) is 11.1 Å². The van der Waals surface area contributed by atoms with Crippen LogP contribution in [0.4, 0.5) is 0 Å². The number of carbonyl (C=O) groups is 1. The number of aromatic nitrogens is 1. The molecule has 1 aromatic heterocycles. The quantitative estimate of drug-likeness (QED) is 0.823. The number of oxazole rings is 1. The van der Waals surface area contributed by atoms with Gasteiger partial charge in [-0.05, 0) is 63.2 Å². The molecule has 3 atom stereocenters. The number of amides is 1. The monoisotopic (exact) mass is 369 g/mol.